The third-order valence-corrected chi connectivity index (χ3v) is 4.72. The molecule has 0 unspecified atom stereocenters. The Morgan fingerprint density at radius 3 is 2.45 bits per heavy atom. The zero-order valence-electron chi connectivity index (χ0n) is 17.1. The van der Waals surface area contributed by atoms with Crippen LogP contribution in [0.4, 0.5) is 5.69 Å². The van der Waals surface area contributed by atoms with Gasteiger partial charge >= 0.3 is 0 Å². The molecule has 2 aromatic carbocycles. The van der Waals surface area contributed by atoms with Crippen molar-refractivity contribution in [1.29, 1.82) is 0 Å². The lowest BCUT2D eigenvalue weighted by Crippen LogP contribution is -2.36. The molecule has 0 fully saturated rings. The van der Waals surface area contributed by atoms with Gasteiger partial charge in [-0.1, -0.05) is 24.3 Å². The molecular formula is C22H29IN4O2. The first kappa shape index (κ1) is 22.9. The molecule has 0 atom stereocenters. The fourth-order valence-electron chi connectivity index (χ4n) is 3.14. The first-order valence-electron chi connectivity index (χ1n) is 9.38. The Bertz CT molecular complexity index is 846. The van der Waals surface area contributed by atoms with Crippen molar-refractivity contribution in [2.24, 2.45) is 4.99 Å². The highest BCUT2D eigenvalue weighted by Crippen LogP contribution is 2.24. The van der Waals surface area contributed by atoms with Gasteiger partial charge in [0.1, 0.15) is 11.5 Å². The Morgan fingerprint density at radius 1 is 1.00 bits per heavy atom. The van der Waals surface area contributed by atoms with Gasteiger partial charge < -0.3 is 25.0 Å². The van der Waals surface area contributed by atoms with Crippen LogP contribution in [0.3, 0.4) is 0 Å². The van der Waals surface area contributed by atoms with E-state index in [9.17, 15) is 0 Å². The standard InChI is InChI=1S/C22H28N4O2.HI/c1-23-22(25-16-18-9-10-20(27-2)14-21(18)28-3)24-15-17-7-6-8-19(13-17)26-11-4-5-12-26;/h4-10,13-14H,11-12,15-16H2,1-3H3,(H2,23,24,25);1H. The van der Waals surface area contributed by atoms with Crippen molar-refractivity contribution >= 4 is 35.6 Å². The van der Waals surface area contributed by atoms with E-state index in [1.807, 2.05) is 18.2 Å². The molecule has 0 saturated heterocycles. The van der Waals surface area contributed by atoms with Crippen molar-refractivity contribution < 1.29 is 9.47 Å². The Hall–Kier alpha value is -2.42. The zero-order valence-corrected chi connectivity index (χ0v) is 19.5. The fourth-order valence-corrected chi connectivity index (χ4v) is 3.14. The third-order valence-electron chi connectivity index (χ3n) is 4.72. The van der Waals surface area contributed by atoms with Crippen molar-refractivity contribution in [3.63, 3.8) is 0 Å². The summed E-state index contributed by atoms with van der Waals surface area (Å²) in [6.07, 6.45) is 4.40. The third kappa shape index (κ3) is 6.28. The van der Waals surface area contributed by atoms with E-state index in [4.69, 9.17) is 9.47 Å². The van der Waals surface area contributed by atoms with Crippen LogP contribution >= 0.6 is 24.0 Å². The van der Waals surface area contributed by atoms with Crippen LogP contribution in [0.25, 0.3) is 0 Å². The van der Waals surface area contributed by atoms with Crippen LogP contribution in [0.2, 0.25) is 0 Å². The van der Waals surface area contributed by atoms with E-state index in [0.717, 1.165) is 36.1 Å². The van der Waals surface area contributed by atoms with E-state index in [0.29, 0.717) is 13.1 Å². The number of methoxy groups -OCH3 is 2. The lowest BCUT2D eigenvalue weighted by atomic mass is 10.2. The summed E-state index contributed by atoms with van der Waals surface area (Å²) in [6, 6.07) is 14.4. The van der Waals surface area contributed by atoms with Gasteiger partial charge in [-0.15, -0.1) is 24.0 Å². The van der Waals surface area contributed by atoms with Crippen LogP contribution in [0.1, 0.15) is 11.1 Å². The van der Waals surface area contributed by atoms with E-state index >= 15 is 0 Å². The molecule has 1 aliphatic rings. The van der Waals surface area contributed by atoms with E-state index in [2.05, 4.69) is 56.9 Å². The summed E-state index contributed by atoms with van der Waals surface area (Å²) < 4.78 is 10.7. The minimum Gasteiger partial charge on any atom is -0.497 e. The average Bonchev–Trinajstić information content (AvgIpc) is 3.29. The van der Waals surface area contributed by atoms with Crippen LogP contribution in [-0.2, 0) is 13.1 Å². The molecule has 1 heterocycles. The van der Waals surface area contributed by atoms with Gasteiger partial charge in [-0.05, 0) is 29.8 Å². The predicted octanol–water partition coefficient (Wildman–Crippen LogP) is 3.56. The number of aliphatic imine (C=N–C) groups is 1. The number of rotatable bonds is 7. The molecule has 1 aliphatic heterocycles. The van der Waals surface area contributed by atoms with Gasteiger partial charge in [-0.2, -0.15) is 0 Å². The molecule has 0 aliphatic carbocycles. The quantitative estimate of drug-likeness (QED) is 0.259. The SMILES string of the molecule is CN=C(NCc1cccc(N2CC=CC2)c1)NCc1ccc(OC)cc1OC.I. The molecule has 0 spiro atoms. The monoisotopic (exact) mass is 508 g/mol. The van der Waals surface area contributed by atoms with Crippen LogP contribution in [0.15, 0.2) is 59.6 Å². The number of anilines is 1. The molecule has 7 heteroatoms. The topological polar surface area (TPSA) is 58.1 Å². The van der Waals surface area contributed by atoms with Crippen molar-refractivity contribution in [3.8, 4) is 11.5 Å². The minimum atomic E-state index is 0. The normalized spacial score (nSPS) is 13.1. The number of ether oxygens (including phenoxy) is 2. The van der Waals surface area contributed by atoms with Crippen LogP contribution in [0, 0.1) is 0 Å². The number of halogens is 1. The Kier molecular flexibility index (Phi) is 9.11. The van der Waals surface area contributed by atoms with Gasteiger partial charge in [0.25, 0.3) is 0 Å². The molecular weight excluding hydrogens is 479 g/mol. The first-order chi connectivity index (χ1) is 13.7. The lowest BCUT2D eigenvalue weighted by Gasteiger charge is -2.19. The van der Waals surface area contributed by atoms with E-state index < -0.39 is 0 Å². The largest absolute Gasteiger partial charge is 0.497 e. The molecule has 29 heavy (non-hydrogen) atoms. The summed E-state index contributed by atoms with van der Waals surface area (Å²) >= 11 is 0. The van der Waals surface area contributed by atoms with Gasteiger partial charge in [-0.25, -0.2) is 0 Å². The van der Waals surface area contributed by atoms with Gasteiger partial charge in [0.2, 0.25) is 0 Å². The van der Waals surface area contributed by atoms with Crippen LogP contribution in [-0.4, -0.2) is 40.3 Å². The van der Waals surface area contributed by atoms with Gasteiger partial charge in [-0.3, -0.25) is 4.99 Å². The number of nitrogens with zero attached hydrogens (tertiary/aromatic N) is 2. The number of benzene rings is 2. The number of nitrogens with one attached hydrogen (secondary N) is 2. The molecule has 2 aromatic rings. The molecule has 0 saturated carbocycles. The Morgan fingerprint density at radius 2 is 1.76 bits per heavy atom. The molecule has 156 valence electrons. The van der Waals surface area contributed by atoms with Gasteiger partial charge in [0.05, 0.1) is 14.2 Å². The second-order valence-electron chi connectivity index (χ2n) is 6.50. The maximum absolute atomic E-state index is 5.45. The maximum Gasteiger partial charge on any atom is 0.191 e. The second kappa shape index (κ2) is 11.5. The lowest BCUT2D eigenvalue weighted by molar-refractivity contribution is 0.390. The highest BCUT2D eigenvalue weighted by Gasteiger charge is 2.09. The van der Waals surface area contributed by atoms with E-state index in [-0.39, 0.29) is 24.0 Å². The second-order valence-corrected chi connectivity index (χ2v) is 6.50. The highest BCUT2D eigenvalue weighted by atomic mass is 127. The van der Waals surface area contributed by atoms with Crippen molar-refractivity contribution in [2.75, 3.05) is 39.3 Å². The molecule has 6 nitrogen and oxygen atoms in total. The maximum atomic E-state index is 5.45. The van der Waals surface area contributed by atoms with Gasteiger partial charge in [0.15, 0.2) is 5.96 Å². The predicted molar refractivity (Wildman–Crippen MR) is 130 cm³/mol. The van der Waals surface area contributed by atoms with Gasteiger partial charge in [0, 0.05) is 50.5 Å². The van der Waals surface area contributed by atoms with E-state index in [1.54, 1.807) is 21.3 Å². The average molecular weight is 508 g/mol. The van der Waals surface area contributed by atoms with Crippen LogP contribution in [0.5, 0.6) is 11.5 Å². The smallest absolute Gasteiger partial charge is 0.191 e. The molecule has 0 bridgehead atoms. The Labute approximate surface area is 190 Å². The molecule has 3 rings (SSSR count). The Balaban J connectivity index is 0.00000300. The van der Waals surface area contributed by atoms with Crippen LogP contribution < -0.4 is 25.0 Å². The molecule has 0 aromatic heterocycles. The molecule has 0 amide bonds. The molecule has 2 N–H and O–H groups in total. The summed E-state index contributed by atoms with van der Waals surface area (Å²) in [5, 5.41) is 6.71. The highest BCUT2D eigenvalue weighted by molar-refractivity contribution is 14.0. The number of guanidine groups is 1. The number of hydrogen-bond donors (Lipinski definition) is 2. The summed E-state index contributed by atoms with van der Waals surface area (Å²) in [5.41, 5.74) is 3.50. The summed E-state index contributed by atoms with van der Waals surface area (Å²) in [5.74, 6) is 2.30. The number of hydrogen-bond acceptors (Lipinski definition) is 4. The summed E-state index contributed by atoms with van der Waals surface area (Å²) in [6.45, 7) is 3.26. The first-order valence-corrected chi connectivity index (χ1v) is 9.38. The zero-order chi connectivity index (χ0) is 19.8. The van der Waals surface area contributed by atoms with E-state index in [1.165, 1.54) is 11.3 Å². The summed E-state index contributed by atoms with van der Waals surface area (Å²) in [7, 11) is 5.08. The summed E-state index contributed by atoms with van der Waals surface area (Å²) in [4.78, 5) is 6.66. The minimum absolute atomic E-state index is 0. The fraction of sp³-hybridized carbons (Fsp3) is 0.318. The van der Waals surface area contributed by atoms with Crippen molar-refractivity contribution in [2.45, 2.75) is 13.1 Å². The van der Waals surface area contributed by atoms with Crippen molar-refractivity contribution in [3.05, 3.63) is 65.7 Å². The molecule has 0 radical (unpaired) electrons. The van der Waals surface area contributed by atoms with Crippen molar-refractivity contribution in [1.82, 2.24) is 10.6 Å².